The van der Waals surface area contributed by atoms with Crippen LogP contribution in [0.3, 0.4) is 0 Å². The van der Waals surface area contributed by atoms with Gasteiger partial charge in [0.1, 0.15) is 0 Å². The monoisotopic (exact) mass is 365 g/mol. The standard InChI is InChI=1S/C14H21ClIN/c1-14(2,8-3-9-15)11-17-10-12-4-6-13(16)7-5-12/h4-7,17H,3,8-11H2,1-2H3. The molecule has 3 heteroatoms. The minimum absolute atomic E-state index is 0.331. The van der Waals surface area contributed by atoms with Gasteiger partial charge in [0, 0.05) is 22.5 Å². The number of hydrogen-bond acceptors (Lipinski definition) is 1. The number of rotatable bonds is 7. The zero-order chi connectivity index (χ0) is 12.7. The van der Waals surface area contributed by atoms with E-state index in [0.717, 1.165) is 25.4 Å². The second-order valence-electron chi connectivity index (χ2n) is 5.19. The lowest BCUT2D eigenvalue weighted by atomic mass is 9.88. The van der Waals surface area contributed by atoms with Crippen LogP contribution in [0.15, 0.2) is 24.3 Å². The molecule has 1 aromatic carbocycles. The maximum absolute atomic E-state index is 5.73. The van der Waals surface area contributed by atoms with Gasteiger partial charge < -0.3 is 5.32 Å². The second kappa shape index (κ2) is 7.59. The Morgan fingerprint density at radius 1 is 1.24 bits per heavy atom. The van der Waals surface area contributed by atoms with Crippen LogP contribution in [0.25, 0.3) is 0 Å². The van der Waals surface area contributed by atoms with Crippen molar-refractivity contribution in [2.45, 2.75) is 33.2 Å². The Bertz CT molecular complexity index is 321. The molecule has 17 heavy (non-hydrogen) atoms. The summed E-state index contributed by atoms with van der Waals surface area (Å²) < 4.78 is 1.29. The summed E-state index contributed by atoms with van der Waals surface area (Å²) in [5.74, 6) is 0.764. The van der Waals surface area contributed by atoms with Crippen molar-refractivity contribution in [2.24, 2.45) is 5.41 Å². The zero-order valence-electron chi connectivity index (χ0n) is 10.6. The molecule has 0 saturated carbocycles. The van der Waals surface area contributed by atoms with Gasteiger partial charge in [-0.15, -0.1) is 11.6 Å². The molecule has 0 heterocycles. The van der Waals surface area contributed by atoms with Crippen LogP contribution in [-0.2, 0) is 6.54 Å². The van der Waals surface area contributed by atoms with Gasteiger partial charge in [-0.05, 0) is 58.5 Å². The van der Waals surface area contributed by atoms with Gasteiger partial charge in [-0.25, -0.2) is 0 Å². The first-order valence-corrected chi connectivity index (χ1v) is 7.66. The molecule has 0 bridgehead atoms. The van der Waals surface area contributed by atoms with Crippen molar-refractivity contribution in [2.75, 3.05) is 12.4 Å². The van der Waals surface area contributed by atoms with E-state index in [-0.39, 0.29) is 0 Å². The van der Waals surface area contributed by atoms with Gasteiger partial charge in [0.05, 0.1) is 0 Å². The third kappa shape index (κ3) is 6.63. The van der Waals surface area contributed by atoms with Crippen LogP contribution in [0, 0.1) is 8.99 Å². The summed E-state index contributed by atoms with van der Waals surface area (Å²) in [5.41, 5.74) is 1.68. The second-order valence-corrected chi connectivity index (χ2v) is 6.81. The maximum atomic E-state index is 5.73. The van der Waals surface area contributed by atoms with E-state index in [4.69, 9.17) is 11.6 Å². The highest BCUT2D eigenvalue weighted by molar-refractivity contribution is 14.1. The molecule has 0 aliphatic rings. The number of alkyl halides is 1. The van der Waals surface area contributed by atoms with E-state index in [1.807, 2.05) is 0 Å². The lowest BCUT2D eigenvalue weighted by molar-refractivity contribution is 0.311. The topological polar surface area (TPSA) is 12.0 Å². The van der Waals surface area contributed by atoms with Gasteiger partial charge in [0.25, 0.3) is 0 Å². The van der Waals surface area contributed by atoms with Crippen molar-refractivity contribution in [3.8, 4) is 0 Å². The van der Waals surface area contributed by atoms with E-state index in [1.54, 1.807) is 0 Å². The molecule has 0 spiro atoms. The highest BCUT2D eigenvalue weighted by atomic mass is 127. The molecular formula is C14H21ClIN. The highest BCUT2D eigenvalue weighted by Gasteiger charge is 2.16. The molecule has 0 unspecified atom stereocenters. The van der Waals surface area contributed by atoms with Crippen molar-refractivity contribution < 1.29 is 0 Å². The first kappa shape index (κ1) is 15.3. The lowest BCUT2D eigenvalue weighted by Crippen LogP contribution is -2.29. The molecule has 0 fully saturated rings. The van der Waals surface area contributed by atoms with Crippen LogP contribution >= 0.6 is 34.2 Å². The molecule has 1 aromatic rings. The molecule has 1 rings (SSSR count). The summed E-state index contributed by atoms with van der Waals surface area (Å²) in [7, 11) is 0. The molecular weight excluding hydrogens is 345 g/mol. The molecule has 0 aliphatic heterocycles. The Kier molecular flexibility index (Phi) is 6.82. The Balaban J connectivity index is 2.29. The Morgan fingerprint density at radius 2 is 1.88 bits per heavy atom. The van der Waals surface area contributed by atoms with Crippen molar-refractivity contribution in [3.05, 3.63) is 33.4 Å². The lowest BCUT2D eigenvalue weighted by Gasteiger charge is -2.24. The summed E-state index contributed by atoms with van der Waals surface area (Å²) in [4.78, 5) is 0. The molecule has 0 amide bonds. The van der Waals surface area contributed by atoms with Crippen LogP contribution in [0.5, 0.6) is 0 Å². The third-order valence-corrected chi connectivity index (χ3v) is 3.82. The van der Waals surface area contributed by atoms with Crippen molar-refractivity contribution in [3.63, 3.8) is 0 Å². The quantitative estimate of drug-likeness (QED) is 0.557. The molecule has 0 aromatic heterocycles. The fraction of sp³-hybridized carbons (Fsp3) is 0.571. The summed E-state index contributed by atoms with van der Waals surface area (Å²) >= 11 is 8.06. The van der Waals surface area contributed by atoms with Crippen molar-refractivity contribution >= 4 is 34.2 Å². The van der Waals surface area contributed by atoms with Crippen LogP contribution < -0.4 is 5.32 Å². The summed E-state index contributed by atoms with van der Waals surface area (Å²) in [6.07, 6.45) is 2.27. The van der Waals surface area contributed by atoms with Crippen LogP contribution in [-0.4, -0.2) is 12.4 Å². The van der Waals surface area contributed by atoms with Crippen molar-refractivity contribution in [1.29, 1.82) is 0 Å². The molecule has 0 aliphatic carbocycles. The molecule has 0 radical (unpaired) electrons. The maximum Gasteiger partial charge on any atom is 0.0223 e. The fourth-order valence-corrected chi connectivity index (χ4v) is 2.27. The van der Waals surface area contributed by atoms with Gasteiger partial charge in [-0.2, -0.15) is 0 Å². The molecule has 96 valence electrons. The minimum Gasteiger partial charge on any atom is -0.312 e. The van der Waals surface area contributed by atoms with Gasteiger partial charge in [0.2, 0.25) is 0 Å². The normalized spacial score (nSPS) is 11.8. The third-order valence-electron chi connectivity index (χ3n) is 2.83. The average Bonchev–Trinajstić information content (AvgIpc) is 2.29. The number of nitrogens with one attached hydrogen (secondary N) is 1. The van der Waals surface area contributed by atoms with Crippen LogP contribution in [0.1, 0.15) is 32.3 Å². The first-order valence-electron chi connectivity index (χ1n) is 6.05. The van der Waals surface area contributed by atoms with E-state index < -0.39 is 0 Å². The Hall–Kier alpha value is 0.200. The van der Waals surface area contributed by atoms with Gasteiger partial charge >= 0.3 is 0 Å². The number of benzene rings is 1. The summed E-state index contributed by atoms with van der Waals surface area (Å²) in [6, 6.07) is 8.66. The zero-order valence-corrected chi connectivity index (χ0v) is 13.5. The Labute approximate surface area is 123 Å². The van der Waals surface area contributed by atoms with E-state index in [2.05, 4.69) is 66.0 Å². The highest BCUT2D eigenvalue weighted by Crippen LogP contribution is 2.21. The summed E-state index contributed by atoms with van der Waals surface area (Å²) in [5, 5.41) is 3.52. The Morgan fingerprint density at radius 3 is 2.47 bits per heavy atom. The largest absolute Gasteiger partial charge is 0.312 e. The van der Waals surface area contributed by atoms with Gasteiger partial charge in [-0.3, -0.25) is 0 Å². The smallest absolute Gasteiger partial charge is 0.0223 e. The van der Waals surface area contributed by atoms with Gasteiger partial charge in [-0.1, -0.05) is 26.0 Å². The van der Waals surface area contributed by atoms with E-state index in [9.17, 15) is 0 Å². The first-order chi connectivity index (χ1) is 8.03. The number of halogens is 2. The SMILES string of the molecule is CC(C)(CCCCl)CNCc1ccc(I)cc1. The van der Waals surface area contributed by atoms with E-state index in [1.165, 1.54) is 15.6 Å². The van der Waals surface area contributed by atoms with Crippen LogP contribution in [0.4, 0.5) is 0 Å². The average molecular weight is 366 g/mol. The van der Waals surface area contributed by atoms with E-state index >= 15 is 0 Å². The number of hydrogen-bond donors (Lipinski definition) is 1. The van der Waals surface area contributed by atoms with Gasteiger partial charge in [0.15, 0.2) is 0 Å². The predicted octanol–water partition coefficient (Wildman–Crippen LogP) is 4.43. The van der Waals surface area contributed by atoms with E-state index in [0.29, 0.717) is 5.41 Å². The van der Waals surface area contributed by atoms with Crippen molar-refractivity contribution in [1.82, 2.24) is 5.32 Å². The molecule has 1 nitrogen and oxygen atoms in total. The predicted molar refractivity (Wildman–Crippen MR) is 84.6 cm³/mol. The minimum atomic E-state index is 0.331. The molecule has 0 saturated heterocycles. The van der Waals surface area contributed by atoms with Crippen LogP contribution in [0.2, 0.25) is 0 Å². The summed E-state index contributed by atoms with van der Waals surface area (Å²) in [6.45, 7) is 6.57. The molecule has 1 N–H and O–H groups in total. The fourth-order valence-electron chi connectivity index (χ4n) is 1.78. The molecule has 0 atom stereocenters.